The fourth-order valence-electron chi connectivity index (χ4n) is 2.01. The third-order valence-electron chi connectivity index (χ3n) is 3.18. The van der Waals surface area contributed by atoms with Crippen LogP contribution in [0.3, 0.4) is 0 Å². The first-order chi connectivity index (χ1) is 11.5. The van der Waals surface area contributed by atoms with Crippen LogP contribution in [0.1, 0.15) is 16.1 Å². The predicted molar refractivity (Wildman–Crippen MR) is 90.0 cm³/mol. The third-order valence-corrected chi connectivity index (χ3v) is 3.75. The number of nitrogens with zero attached hydrogens (tertiary/aromatic N) is 2. The van der Waals surface area contributed by atoms with Crippen LogP contribution in [0.4, 0.5) is 5.69 Å². The van der Waals surface area contributed by atoms with Gasteiger partial charge >= 0.3 is 11.7 Å². The Kier molecular flexibility index (Phi) is 5.79. The van der Waals surface area contributed by atoms with E-state index in [0.717, 1.165) is 0 Å². The van der Waals surface area contributed by atoms with Crippen molar-refractivity contribution in [3.63, 3.8) is 0 Å². The molecule has 1 heterocycles. The van der Waals surface area contributed by atoms with Crippen molar-refractivity contribution in [3.05, 3.63) is 50.8 Å². The van der Waals surface area contributed by atoms with Gasteiger partial charge in [0, 0.05) is 23.9 Å². The number of methoxy groups -OCH3 is 1. The zero-order valence-electron chi connectivity index (χ0n) is 12.5. The molecule has 0 fully saturated rings. The van der Waals surface area contributed by atoms with Gasteiger partial charge in [0.05, 0.1) is 13.4 Å². The minimum atomic E-state index is -0.903. The number of H-pyrrole nitrogens is 1. The van der Waals surface area contributed by atoms with Crippen molar-refractivity contribution < 1.29 is 14.3 Å². The second kappa shape index (κ2) is 7.81. The van der Waals surface area contributed by atoms with E-state index in [4.69, 9.17) is 34.5 Å². The van der Waals surface area contributed by atoms with Gasteiger partial charge in [0.2, 0.25) is 0 Å². The number of halogens is 2. The topological polar surface area (TPSA) is 88.4 Å². The van der Waals surface area contributed by atoms with Crippen LogP contribution in [0.5, 0.6) is 0 Å². The van der Waals surface area contributed by atoms with Gasteiger partial charge in [0.15, 0.2) is 0 Å². The first kappa shape index (κ1) is 17.8. The van der Waals surface area contributed by atoms with E-state index in [1.807, 2.05) is 0 Å². The number of carbonyl (C=O) groups is 2. The Morgan fingerprint density at radius 2 is 2.08 bits per heavy atom. The maximum absolute atomic E-state index is 12.4. The van der Waals surface area contributed by atoms with Gasteiger partial charge < -0.3 is 15.0 Å². The molecule has 2 aromatic rings. The molecule has 1 amide bonds. The molecule has 0 spiro atoms. The molecule has 1 aromatic heterocycles. The molecule has 0 unspecified atom stereocenters. The van der Waals surface area contributed by atoms with Gasteiger partial charge in [-0.2, -0.15) is 0 Å². The van der Waals surface area contributed by atoms with Gasteiger partial charge in [0.1, 0.15) is 16.1 Å². The van der Waals surface area contributed by atoms with Crippen LogP contribution in [-0.2, 0) is 16.0 Å². The number of nitrogens with one attached hydrogen (secondary N) is 2. The van der Waals surface area contributed by atoms with Crippen molar-refractivity contribution in [2.75, 3.05) is 7.11 Å². The number of hydrogen-bond donors (Lipinski definition) is 2. The van der Waals surface area contributed by atoms with E-state index in [0.29, 0.717) is 5.69 Å². The second-order valence-corrected chi connectivity index (χ2v) is 5.56. The smallest absolute Gasteiger partial charge is 0.376 e. The van der Waals surface area contributed by atoms with Gasteiger partial charge in [-0.25, -0.2) is 9.78 Å². The summed E-state index contributed by atoms with van der Waals surface area (Å²) in [5, 5.41) is 2.82. The monoisotopic (exact) mass is 367 g/mol. The molecular weight excluding hydrogens is 355 g/mol. The zero-order chi connectivity index (χ0) is 17.7. The van der Waals surface area contributed by atoms with Crippen LogP contribution in [0.15, 0.2) is 24.7 Å². The summed E-state index contributed by atoms with van der Waals surface area (Å²) in [6.07, 6.45) is 3.21. The number of aromatic nitrogens is 2. The molecular formula is C15H13Cl2N4O3+. The molecule has 0 saturated carbocycles. The summed E-state index contributed by atoms with van der Waals surface area (Å²) in [4.78, 5) is 34.4. The van der Waals surface area contributed by atoms with Crippen molar-refractivity contribution in [3.8, 4) is 6.57 Å². The summed E-state index contributed by atoms with van der Waals surface area (Å²) < 4.78 is 4.71. The fraction of sp³-hybridized carbons (Fsp3) is 0.200. The highest BCUT2D eigenvalue weighted by Crippen LogP contribution is 2.34. The fourth-order valence-corrected chi connectivity index (χ4v) is 2.60. The van der Waals surface area contributed by atoms with Crippen molar-refractivity contribution >= 4 is 40.8 Å². The minimum Gasteiger partial charge on any atom is -0.467 e. The van der Waals surface area contributed by atoms with Crippen molar-refractivity contribution in [2.45, 2.75) is 12.5 Å². The Morgan fingerprint density at radius 3 is 2.58 bits per heavy atom. The van der Waals surface area contributed by atoms with E-state index < -0.39 is 17.9 Å². The van der Waals surface area contributed by atoms with Gasteiger partial charge in [-0.05, 0) is 17.0 Å². The number of imidazole rings is 1. The van der Waals surface area contributed by atoms with Crippen molar-refractivity contribution in [1.29, 1.82) is 0 Å². The average molecular weight is 368 g/mol. The number of benzene rings is 1. The molecule has 0 bridgehead atoms. The van der Waals surface area contributed by atoms with Crippen LogP contribution in [-0.4, -0.2) is 35.0 Å². The Hall–Kier alpha value is -2.56. The third kappa shape index (κ3) is 4.04. The van der Waals surface area contributed by atoms with Crippen molar-refractivity contribution in [1.82, 2.24) is 15.3 Å². The maximum Gasteiger partial charge on any atom is 0.376 e. The molecule has 1 aromatic carbocycles. The normalized spacial score (nSPS) is 11.4. The lowest BCUT2D eigenvalue weighted by molar-refractivity contribution is -0.142. The highest BCUT2D eigenvalue weighted by Gasteiger charge is 2.25. The van der Waals surface area contributed by atoms with Crippen LogP contribution in [0, 0.1) is 6.57 Å². The Morgan fingerprint density at radius 1 is 1.42 bits per heavy atom. The lowest BCUT2D eigenvalue weighted by Gasteiger charge is -2.16. The first-order valence-corrected chi connectivity index (χ1v) is 7.47. The summed E-state index contributed by atoms with van der Waals surface area (Å²) in [6.45, 7) is 5.18. The summed E-state index contributed by atoms with van der Waals surface area (Å²) in [7, 11) is 1.24. The molecule has 0 saturated heterocycles. The number of rotatable bonds is 5. The minimum absolute atomic E-state index is 0.123. The van der Waals surface area contributed by atoms with Crippen LogP contribution >= 0.6 is 23.2 Å². The summed E-state index contributed by atoms with van der Waals surface area (Å²) in [5.41, 5.74) is 1.01. The van der Waals surface area contributed by atoms with E-state index in [1.165, 1.54) is 25.6 Å². The Bertz CT molecular complexity index is 777. The highest BCUT2D eigenvalue weighted by molar-refractivity contribution is 6.39. The molecule has 24 heavy (non-hydrogen) atoms. The van der Waals surface area contributed by atoms with E-state index in [1.54, 1.807) is 6.20 Å². The summed E-state index contributed by atoms with van der Waals surface area (Å²) in [5.74, 6) is -1.14. The lowest BCUT2D eigenvalue weighted by Crippen LogP contribution is -2.43. The number of hydrogen-bond acceptors (Lipinski definition) is 4. The first-order valence-electron chi connectivity index (χ1n) is 6.72. The number of carbonyl (C=O) groups excluding carboxylic acids is 2. The van der Waals surface area contributed by atoms with Crippen LogP contribution in [0.2, 0.25) is 10.0 Å². The molecule has 0 aliphatic heterocycles. The van der Waals surface area contributed by atoms with E-state index >= 15 is 0 Å². The maximum atomic E-state index is 12.4. The number of amides is 1. The quantitative estimate of drug-likeness (QED) is 0.795. The lowest BCUT2D eigenvalue weighted by atomic mass is 10.1. The van der Waals surface area contributed by atoms with Gasteiger partial charge in [-0.15, -0.1) is 0 Å². The summed E-state index contributed by atoms with van der Waals surface area (Å²) in [6, 6.07) is 1.82. The molecule has 1 atom stereocenters. The van der Waals surface area contributed by atoms with E-state index in [9.17, 15) is 9.59 Å². The molecule has 9 heteroatoms. The Balaban J connectivity index is 2.21. The molecule has 0 radical (unpaired) electrons. The molecule has 2 N–H and O–H groups in total. The van der Waals surface area contributed by atoms with Gasteiger partial charge in [-0.3, -0.25) is 4.79 Å². The molecule has 124 valence electrons. The second-order valence-electron chi connectivity index (χ2n) is 4.75. The zero-order valence-corrected chi connectivity index (χ0v) is 14.1. The highest BCUT2D eigenvalue weighted by atomic mass is 35.5. The largest absolute Gasteiger partial charge is 0.467 e. The van der Waals surface area contributed by atoms with Gasteiger partial charge in [0.25, 0.3) is 12.5 Å². The average Bonchev–Trinajstić information content (AvgIpc) is 3.06. The van der Waals surface area contributed by atoms with Crippen LogP contribution in [0.25, 0.3) is 4.85 Å². The standard InChI is InChI=1S/C15H12Cl2N4O3/c1-18-13-10(16)3-8(4-11(13)17)14(22)21-12(15(23)24-2)5-9-6-19-7-20-9/h1,3-4,6-7,12H,5H2,2H3,(H-,19,20,21,22)/p+1/t12-/m1/s1. The molecule has 0 aliphatic carbocycles. The number of esters is 1. The predicted octanol–water partition coefficient (Wildman–Crippen LogP) is 2.82. The van der Waals surface area contributed by atoms with E-state index in [-0.39, 0.29) is 27.7 Å². The van der Waals surface area contributed by atoms with Crippen molar-refractivity contribution in [2.24, 2.45) is 0 Å². The summed E-state index contributed by atoms with van der Waals surface area (Å²) >= 11 is 12.0. The Labute approximate surface area is 147 Å². The molecule has 2 rings (SSSR count). The van der Waals surface area contributed by atoms with Crippen LogP contribution < -0.4 is 5.32 Å². The van der Waals surface area contributed by atoms with E-state index in [2.05, 4.69) is 20.1 Å². The molecule has 0 aliphatic rings. The molecule has 7 nitrogen and oxygen atoms in total. The number of ether oxygens (including phenoxy) is 1. The number of aromatic amines is 1. The SMILES string of the molecule is C#[N+]c1c(Cl)cc(C(=O)N[C@H](Cc2cnc[nH]2)C(=O)OC)cc1Cl. The van der Waals surface area contributed by atoms with Gasteiger partial charge in [-0.1, -0.05) is 23.2 Å².